The average molecular weight is 452 g/mol. The number of nitrogens with zero attached hydrogens (tertiary/aromatic N) is 2. The Bertz CT molecular complexity index is 1140. The predicted molar refractivity (Wildman–Crippen MR) is 121 cm³/mol. The number of carbonyl (C=O) groups is 1. The van der Waals surface area contributed by atoms with Crippen molar-refractivity contribution in [2.45, 2.75) is 39.2 Å². The molecule has 0 spiro atoms. The molecule has 0 unspecified atom stereocenters. The quantitative estimate of drug-likeness (QED) is 0.679. The first kappa shape index (κ1) is 23.1. The summed E-state index contributed by atoms with van der Waals surface area (Å²) in [4.78, 5) is 17.0. The van der Waals surface area contributed by atoms with Crippen LogP contribution in [-0.4, -0.2) is 29.5 Å². The molecule has 0 amide bonds. The molecule has 5 atom stereocenters. The van der Waals surface area contributed by atoms with Crippen LogP contribution in [0, 0.1) is 41.4 Å². The van der Waals surface area contributed by atoms with Gasteiger partial charge in [0, 0.05) is 42.1 Å². The molecular weight excluding hydrogens is 424 g/mol. The number of carbonyl (C=O) groups excluding carboxylic acids is 1. The molecule has 2 aromatic rings. The Morgan fingerprint density at radius 3 is 2.70 bits per heavy atom. The zero-order valence-corrected chi connectivity index (χ0v) is 18.9. The van der Waals surface area contributed by atoms with E-state index in [4.69, 9.17) is 10.5 Å². The molecule has 1 saturated heterocycles. The molecular formula is C26H27F2N3O2. The summed E-state index contributed by atoms with van der Waals surface area (Å²) in [6.07, 6.45) is 4.03. The highest BCUT2D eigenvalue weighted by Gasteiger charge is 2.67. The van der Waals surface area contributed by atoms with Crippen LogP contribution in [0.2, 0.25) is 0 Å². The van der Waals surface area contributed by atoms with Gasteiger partial charge in [-0.3, -0.25) is 9.78 Å². The lowest BCUT2D eigenvalue weighted by Crippen LogP contribution is -2.56. The Labute approximate surface area is 192 Å². The Balaban J connectivity index is 1.65. The maximum absolute atomic E-state index is 14.9. The number of esters is 1. The lowest BCUT2D eigenvalue weighted by atomic mass is 9.56. The number of allylic oxidation sites excluding steroid dienone is 1. The van der Waals surface area contributed by atoms with Gasteiger partial charge in [0.25, 0.3) is 5.92 Å². The van der Waals surface area contributed by atoms with Crippen LogP contribution in [0.15, 0.2) is 42.6 Å². The molecule has 1 aromatic carbocycles. The van der Waals surface area contributed by atoms with Gasteiger partial charge in [0.15, 0.2) is 0 Å². The van der Waals surface area contributed by atoms with Crippen LogP contribution in [0.4, 0.5) is 8.78 Å². The molecule has 33 heavy (non-hydrogen) atoms. The van der Waals surface area contributed by atoms with E-state index in [1.807, 2.05) is 31.2 Å². The fourth-order valence-corrected chi connectivity index (χ4v) is 5.50. The summed E-state index contributed by atoms with van der Waals surface area (Å²) in [6.45, 7) is 4.98. The molecule has 2 heterocycles. The number of hydrogen-bond acceptors (Lipinski definition) is 5. The number of pyridine rings is 1. The summed E-state index contributed by atoms with van der Waals surface area (Å²) in [5.41, 5.74) is 8.18. The lowest BCUT2D eigenvalue weighted by molar-refractivity contribution is -0.169. The maximum atomic E-state index is 14.9. The van der Waals surface area contributed by atoms with Gasteiger partial charge in [0.05, 0.1) is 16.7 Å². The van der Waals surface area contributed by atoms with Crippen molar-refractivity contribution < 1.29 is 18.3 Å². The second kappa shape index (κ2) is 8.35. The summed E-state index contributed by atoms with van der Waals surface area (Å²) < 4.78 is 35.3. The number of fused-ring (bicyclic) bond motifs is 1. The van der Waals surface area contributed by atoms with E-state index >= 15 is 0 Å². The molecule has 2 aliphatic rings. The van der Waals surface area contributed by atoms with Crippen molar-refractivity contribution in [3.05, 3.63) is 59.4 Å². The number of alkyl halides is 2. The van der Waals surface area contributed by atoms with E-state index in [0.29, 0.717) is 11.3 Å². The minimum Gasteiger partial charge on any atom is -0.462 e. The van der Waals surface area contributed by atoms with Gasteiger partial charge < -0.3 is 10.5 Å². The minimum absolute atomic E-state index is 0.168. The monoisotopic (exact) mass is 451 g/mol. The zero-order chi connectivity index (χ0) is 24.0. The predicted octanol–water partition coefficient (Wildman–Crippen LogP) is 4.74. The van der Waals surface area contributed by atoms with Crippen LogP contribution in [0.5, 0.6) is 0 Å². The van der Waals surface area contributed by atoms with Crippen molar-refractivity contribution in [1.82, 2.24) is 4.98 Å². The van der Waals surface area contributed by atoms with E-state index in [2.05, 4.69) is 11.1 Å². The maximum Gasteiger partial charge on any atom is 0.314 e. The van der Waals surface area contributed by atoms with E-state index in [1.54, 1.807) is 31.3 Å². The Morgan fingerprint density at radius 2 is 2.06 bits per heavy atom. The molecule has 1 saturated carbocycles. The summed E-state index contributed by atoms with van der Waals surface area (Å²) >= 11 is 0. The van der Waals surface area contributed by atoms with E-state index in [1.165, 1.54) is 6.92 Å². The van der Waals surface area contributed by atoms with Gasteiger partial charge in [0.2, 0.25) is 0 Å². The van der Waals surface area contributed by atoms with Crippen molar-refractivity contribution in [2.24, 2.45) is 28.9 Å². The Hall–Kier alpha value is -3.11. The highest BCUT2D eigenvalue weighted by Crippen LogP contribution is 2.58. The molecule has 2 fully saturated rings. The molecule has 172 valence electrons. The molecule has 1 aliphatic carbocycles. The topological polar surface area (TPSA) is 89.0 Å². The van der Waals surface area contributed by atoms with Crippen LogP contribution in [-0.2, 0) is 9.53 Å². The first-order valence-corrected chi connectivity index (χ1v) is 11.1. The van der Waals surface area contributed by atoms with Crippen molar-refractivity contribution >= 4 is 12.0 Å². The lowest BCUT2D eigenvalue weighted by Gasteiger charge is -2.47. The van der Waals surface area contributed by atoms with E-state index in [-0.39, 0.29) is 6.54 Å². The number of nitriles is 1. The van der Waals surface area contributed by atoms with Crippen molar-refractivity contribution in [2.75, 3.05) is 6.54 Å². The first-order valence-electron chi connectivity index (χ1n) is 11.1. The van der Waals surface area contributed by atoms with Gasteiger partial charge in [-0.2, -0.15) is 5.26 Å². The molecule has 0 radical (unpaired) electrons. The third kappa shape index (κ3) is 3.72. The number of rotatable bonds is 4. The van der Waals surface area contributed by atoms with E-state index < -0.39 is 47.6 Å². The van der Waals surface area contributed by atoms with Crippen LogP contribution in [0.25, 0.3) is 17.2 Å². The Morgan fingerprint density at radius 1 is 1.30 bits per heavy atom. The number of nitrogens with two attached hydrogens (primary N) is 1. The Kier molecular flexibility index (Phi) is 5.83. The number of hydrogen-bond donors (Lipinski definition) is 1. The molecule has 7 heteroatoms. The van der Waals surface area contributed by atoms with Gasteiger partial charge >= 0.3 is 5.97 Å². The van der Waals surface area contributed by atoms with Crippen LogP contribution >= 0.6 is 0 Å². The van der Waals surface area contributed by atoms with Crippen LogP contribution in [0.1, 0.15) is 37.1 Å². The summed E-state index contributed by atoms with van der Waals surface area (Å²) in [7, 11) is 0. The molecule has 4 rings (SSSR count). The average Bonchev–Trinajstić information content (AvgIpc) is 3.03. The summed E-state index contributed by atoms with van der Waals surface area (Å²) in [5, 5.41) is 9.48. The highest BCUT2D eigenvalue weighted by molar-refractivity contribution is 5.81. The van der Waals surface area contributed by atoms with Gasteiger partial charge in [-0.15, -0.1) is 0 Å². The second-order valence-corrected chi connectivity index (χ2v) is 9.24. The standard InChI is InChI=1S/C26H27F2N3O2/c1-15-5-4-6-21(22(15)11-29)18-7-8-19(31-12-18)9-10-20-16(2)26(27,28)13-25(14-30)23(20)17(3)33-24(25)32/h4-10,12,16-17,20,23H,13-14,30H2,1-3H3/t16-,17+,20-,23-,25-/m0/s1. The van der Waals surface area contributed by atoms with Crippen molar-refractivity contribution in [3.63, 3.8) is 0 Å². The number of aromatic nitrogens is 1. The fourth-order valence-electron chi connectivity index (χ4n) is 5.50. The van der Waals surface area contributed by atoms with E-state index in [0.717, 1.165) is 16.7 Å². The third-order valence-corrected chi connectivity index (χ3v) is 7.39. The minimum atomic E-state index is -3.04. The van der Waals surface area contributed by atoms with Gasteiger partial charge in [-0.25, -0.2) is 8.78 Å². The normalized spacial score (nSPS) is 30.6. The third-order valence-electron chi connectivity index (χ3n) is 7.39. The smallest absolute Gasteiger partial charge is 0.314 e. The van der Waals surface area contributed by atoms with Gasteiger partial charge in [0.1, 0.15) is 12.2 Å². The molecule has 1 aromatic heterocycles. The van der Waals surface area contributed by atoms with Gasteiger partial charge in [-0.05, 0) is 37.5 Å². The van der Waals surface area contributed by atoms with Gasteiger partial charge in [-0.1, -0.05) is 37.3 Å². The fraction of sp³-hybridized carbons (Fsp3) is 0.423. The number of aryl methyl sites for hydroxylation is 1. The number of benzene rings is 1. The highest BCUT2D eigenvalue weighted by atomic mass is 19.3. The molecule has 0 bridgehead atoms. The SMILES string of the molecule is Cc1cccc(-c2ccc(C=C[C@@H]3[C@@H]4[C@@H](C)OC(=O)[C@]4(CN)CC(F)(F)[C@H]3C)nc2)c1C#N. The van der Waals surface area contributed by atoms with Crippen LogP contribution < -0.4 is 5.73 Å². The summed E-state index contributed by atoms with van der Waals surface area (Å²) in [5.74, 6) is -5.65. The largest absolute Gasteiger partial charge is 0.462 e. The van der Waals surface area contributed by atoms with E-state index in [9.17, 15) is 18.8 Å². The summed E-state index contributed by atoms with van der Waals surface area (Å²) in [6, 6.07) is 11.5. The van der Waals surface area contributed by atoms with Crippen molar-refractivity contribution in [1.29, 1.82) is 5.26 Å². The second-order valence-electron chi connectivity index (χ2n) is 9.24. The number of halogens is 2. The molecule has 1 aliphatic heterocycles. The first-order chi connectivity index (χ1) is 15.6. The molecule has 5 nitrogen and oxygen atoms in total. The number of cyclic esters (lactones) is 1. The molecule has 2 N–H and O–H groups in total. The number of ether oxygens (including phenoxy) is 1. The van der Waals surface area contributed by atoms with Crippen LogP contribution in [0.3, 0.4) is 0 Å². The van der Waals surface area contributed by atoms with Crippen molar-refractivity contribution in [3.8, 4) is 17.2 Å². The zero-order valence-electron chi connectivity index (χ0n) is 18.9.